The van der Waals surface area contributed by atoms with Crippen LogP contribution in [0.1, 0.15) is 36.2 Å². The monoisotopic (exact) mass is 383 g/mol. The smallest absolute Gasteiger partial charge is 0.350 e. The molecule has 0 radical (unpaired) electrons. The molecule has 1 aromatic carbocycles. The highest BCUT2D eigenvalue weighted by molar-refractivity contribution is 9.10. The summed E-state index contributed by atoms with van der Waals surface area (Å²) in [7, 11) is 0. The topological polar surface area (TPSA) is 29.1 Å². The van der Waals surface area contributed by atoms with Crippen molar-refractivity contribution < 1.29 is 18.0 Å². The van der Waals surface area contributed by atoms with E-state index in [-0.39, 0.29) is 11.6 Å². The fourth-order valence-electron chi connectivity index (χ4n) is 1.73. The largest absolute Gasteiger partial charge is 0.417 e. The zero-order valence-corrected chi connectivity index (χ0v) is 14.2. The van der Waals surface area contributed by atoms with Gasteiger partial charge in [0.25, 0.3) is 5.91 Å². The molecule has 0 bridgehead atoms. The lowest BCUT2D eigenvalue weighted by molar-refractivity contribution is -0.138. The van der Waals surface area contributed by atoms with E-state index in [1.165, 1.54) is 12.1 Å². The van der Waals surface area contributed by atoms with E-state index in [0.717, 1.165) is 24.0 Å². The first-order chi connectivity index (χ1) is 9.75. The maximum Gasteiger partial charge on any atom is 0.417 e. The van der Waals surface area contributed by atoms with Crippen molar-refractivity contribution in [2.45, 2.75) is 32.5 Å². The van der Waals surface area contributed by atoms with Crippen molar-refractivity contribution in [2.75, 3.05) is 11.5 Å². The first-order valence-electron chi connectivity index (χ1n) is 6.51. The van der Waals surface area contributed by atoms with Crippen LogP contribution in [0.25, 0.3) is 0 Å². The second kappa shape index (κ2) is 8.08. The first kappa shape index (κ1) is 18.4. The van der Waals surface area contributed by atoms with Gasteiger partial charge in [-0.25, -0.2) is 0 Å². The van der Waals surface area contributed by atoms with Crippen LogP contribution in [0.3, 0.4) is 0 Å². The Balaban J connectivity index is 2.83. The Labute approximate surface area is 135 Å². The van der Waals surface area contributed by atoms with Crippen molar-refractivity contribution in [1.29, 1.82) is 0 Å². The minimum absolute atomic E-state index is 0.165. The Morgan fingerprint density at radius 1 is 1.43 bits per heavy atom. The molecule has 118 valence electrons. The van der Waals surface area contributed by atoms with Crippen LogP contribution in [0, 0.1) is 0 Å². The highest BCUT2D eigenvalue weighted by atomic mass is 79.9. The third-order valence-electron chi connectivity index (χ3n) is 2.81. The molecule has 7 heteroatoms. The SMILES string of the molecule is CCSCCC(C)NC(=O)c1ccc(Br)cc1C(F)(F)F. The van der Waals surface area contributed by atoms with Gasteiger partial charge in [-0.15, -0.1) is 0 Å². The third-order valence-corrected chi connectivity index (χ3v) is 4.23. The number of hydrogen-bond acceptors (Lipinski definition) is 2. The summed E-state index contributed by atoms with van der Waals surface area (Å²) < 4.78 is 39.2. The quantitative estimate of drug-likeness (QED) is 0.719. The minimum atomic E-state index is -4.56. The fourth-order valence-corrected chi connectivity index (χ4v) is 2.90. The van der Waals surface area contributed by atoms with Gasteiger partial charge in [0.05, 0.1) is 11.1 Å². The van der Waals surface area contributed by atoms with E-state index in [1.54, 1.807) is 18.7 Å². The van der Waals surface area contributed by atoms with Crippen LogP contribution >= 0.6 is 27.7 Å². The van der Waals surface area contributed by atoms with Gasteiger partial charge in [-0.3, -0.25) is 4.79 Å². The summed E-state index contributed by atoms with van der Waals surface area (Å²) in [5.41, 5.74) is -1.27. The highest BCUT2D eigenvalue weighted by Gasteiger charge is 2.35. The van der Waals surface area contributed by atoms with Gasteiger partial charge in [0.2, 0.25) is 0 Å². The van der Waals surface area contributed by atoms with Crippen LogP contribution in [-0.2, 0) is 6.18 Å². The maximum atomic E-state index is 13.0. The summed E-state index contributed by atoms with van der Waals surface area (Å²) in [5.74, 6) is 1.15. The van der Waals surface area contributed by atoms with Crippen LogP contribution in [0.2, 0.25) is 0 Å². The molecule has 1 aromatic rings. The Kier molecular flexibility index (Phi) is 7.06. The average molecular weight is 384 g/mol. The summed E-state index contributed by atoms with van der Waals surface area (Å²) in [6.07, 6.45) is -3.83. The van der Waals surface area contributed by atoms with Crippen LogP contribution in [0.15, 0.2) is 22.7 Å². The van der Waals surface area contributed by atoms with Gasteiger partial charge < -0.3 is 5.32 Å². The molecule has 1 atom stereocenters. The van der Waals surface area contributed by atoms with E-state index in [0.29, 0.717) is 4.47 Å². The number of carbonyl (C=O) groups excluding carboxylic acids is 1. The minimum Gasteiger partial charge on any atom is -0.350 e. The number of carbonyl (C=O) groups is 1. The number of benzene rings is 1. The van der Waals surface area contributed by atoms with E-state index in [9.17, 15) is 18.0 Å². The number of nitrogens with one attached hydrogen (secondary N) is 1. The molecule has 0 spiro atoms. The molecule has 0 aliphatic heterocycles. The van der Waals surface area contributed by atoms with Gasteiger partial charge >= 0.3 is 6.18 Å². The van der Waals surface area contributed by atoms with Gasteiger partial charge in [-0.2, -0.15) is 24.9 Å². The van der Waals surface area contributed by atoms with Crippen molar-refractivity contribution in [3.63, 3.8) is 0 Å². The lowest BCUT2D eigenvalue weighted by Crippen LogP contribution is -2.34. The molecule has 0 fully saturated rings. The zero-order valence-electron chi connectivity index (χ0n) is 11.8. The molecule has 0 saturated carbocycles. The van der Waals surface area contributed by atoms with Crippen molar-refractivity contribution in [1.82, 2.24) is 5.32 Å². The summed E-state index contributed by atoms with van der Waals surface area (Å²) in [6.45, 7) is 3.82. The molecule has 1 N–H and O–H groups in total. The van der Waals surface area contributed by atoms with Gasteiger partial charge in [-0.05, 0) is 43.0 Å². The van der Waals surface area contributed by atoms with E-state index >= 15 is 0 Å². The number of halogens is 4. The number of amides is 1. The van der Waals surface area contributed by atoms with Crippen LogP contribution in [0.5, 0.6) is 0 Å². The van der Waals surface area contributed by atoms with E-state index in [4.69, 9.17) is 0 Å². The molecular formula is C14H17BrF3NOS. The van der Waals surface area contributed by atoms with Crippen LogP contribution in [0.4, 0.5) is 13.2 Å². The summed E-state index contributed by atoms with van der Waals surface area (Å²) >= 11 is 4.73. The number of hydrogen-bond donors (Lipinski definition) is 1. The lowest BCUT2D eigenvalue weighted by atomic mass is 10.1. The number of rotatable bonds is 6. The molecule has 1 amide bonds. The van der Waals surface area contributed by atoms with Crippen molar-refractivity contribution in [3.05, 3.63) is 33.8 Å². The molecule has 21 heavy (non-hydrogen) atoms. The van der Waals surface area contributed by atoms with Gasteiger partial charge in [0, 0.05) is 10.5 Å². The van der Waals surface area contributed by atoms with Crippen molar-refractivity contribution in [3.8, 4) is 0 Å². The summed E-state index contributed by atoms with van der Waals surface area (Å²) in [6, 6.07) is 3.38. The molecule has 0 heterocycles. The number of thioether (sulfide) groups is 1. The molecule has 1 rings (SSSR count). The van der Waals surface area contributed by atoms with E-state index < -0.39 is 17.6 Å². The standard InChI is InChI=1S/C14H17BrF3NOS/c1-3-21-7-6-9(2)19-13(20)11-5-4-10(15)8-12(11)14(16,17)18/h4-5,8-9H,3,6-7H2,1-2H3,(H,19,20). The molecule has 2 nitrogen and oxygen atoms in total. The van der Waals surface area contributed by atoms with E-state index in [2.05, 4.69) is 21.2 Å². The Morgan fingerprint density at radius 2 is 2.10 bits per heavy atom. The van der Waals surface area contributed by atoms with E-state index in [1.807, 2.05) is 6.92 Å². The zero-order chi connectivity index (χ0) is 16.0. The van der Waals surface area contributed by atoms with Gasteiger partial charge in [0.15, 0.2) is 0 Å². The van der Waals surface area contributed by atoms with Crippen molar-refractivity contribution >= 4 is 33.6 Å². The second-order valence-electron chi connectivity index (χ2n) is 4.55. The fraction of sp³-hybridized carbons (Fsp3) is 0.500. The molecular weight excluding hydrogens is 367 g/mol. The first-order valence-corrected chi connectivity index (χ1v) is 8.45. The Morgan fingerprint density at radius 3 is 2.67 bits per heavy atom. The molecule has 1 unspecified atom stereocenters. The molecule has 0 saturated heterocycles. The third kappa shape index (κ3) is 5.90. The molecule has 0 aliphatic carbocycles. The normalized spacial score (nSPS) is 13.0. The Bertz CT molecular complexity index is 494. The summed E-state index contributed by atoms with van der Waals surface area (Å²) in [4.78, 5) is 12.0. The predicted molar refractivity (Wildman–Crippen MR) is 83.7 cm³/mol. The molecule has 0 aliphatic rings. The summed E-state index contributed by atoms with van der Waals surface area (Å²) in [5, 5.41) is 2.62. The van der Waals surface area contributed by atoms with Crippen LogP contribution < -0.4 is 5.32 Å². The number of alkyl halides is 3. The lowest BCUT2D eigenvalue weighted by Gasteiger charge is -2.17. The van der Waals surface area contributed by atoms with Crippen LogP contribution in [-0.4, -0.2) is 23.5 Å². The highest BCUT2D eigenvalue weighted by Crippen LogP contribution is 2.33. The predicted octanol–water partition coefficient (Wildman–Crippen LogP) is 4.73. The second-order valence-corrected chi connectivity index (χ2v) is 6.86. The Hall–Kier alpha value is -0.690. The van der Waals surface area contributed by atoms with Crippen molar-refractivity contribution in [2.24, 2.45) is 0 Å². The molecule has 0 aromatic heterocycles. The van der Waals surface area contributed by atoms with Gasteiger partial charge in [0.1, 0.15) is 0 Å². The maximum absolute atomic E-state index is 13.0. The van der Waals surface area contributed by atoms with Gasteiger partial charge in [-0.1, -0.05) is 22.9 Å². The average Bonchev–Trinajstić information content (AvgIpc) is 2.37.